The number of hydrogen-bond acceptors (Lipinski definition) is 3. The van der Waals surface area contributed by atoms with Crippen LogP contribution in [0.15, 0.2) is 36.8 Å². The minimum atomic E-state index is 0.453. The Hall–Kier alpha value is -1.97. The summed E-state index contributed by atoms with van der Waals surface area (Å²) >= 11 is 0. The van der Waals surface area contributed by atoms with Crippen LogP contribution in [0.3, 0.4) is 0 Å². The van der Waals surface area contributed by atoms with Gasteiger partial charge in [0.25, 0.3) is 0 Å². The topological polar surface area (TPSA) is 30.3 Å². The molecule has 0 amide bonds. The maximum absolute atomic E-state index is 5.92. The molecule has 4 nitrogen and oxygen atoms in total. The molecule has 0 aromatic carbocycles. The SMILES string of the molecule is Cc1ccnc2c1OC[C@@H]1C[C@H](n3cccc3)CN21. The lowest BCUT2D eigenvalue weighted by Crippen LogP contribution is -2.39. The second kappa shape index (κ2) is 4.02. The molecule has 4 heterocycles. The van der Waals surface area contributed by atoms with Crippen molar-refractivity contribution in [3.63, 3.8) is 0 Å². The van der Waals surface area contributed by atoms with Crippen molar-refractivity contribution in [2.24, 2.45) is 0 Å². The Morgan fingerprint density at radius 2 is 2.11 bits per heavy atom. The highest BCUT2D eigenvalue weighted by Crippen LogP contribution is 2.40. The zero-order chi connectivity index (χ0) is 12.8. The standard InChI is InChI=1S/C15H17N3O/c1-11-4-5-16-15-14(11)19-10-13-8-12(9-18(13)15)17-6-2-3-7-17/h2-7,12-13H,8-10H2,1H3/t12-,13-/m0/s1. The third-order valence-electron chi connectivity index (χ3n) is 4.22. The van der Waals surface area contributed by atoms with Crippen LogP contribution in [-0.2, 0) is 0 Å². The predicted molar refractivity (Wildman–Crippen MR) is 73.7 cm³/mol. The summed E-state index contributed by atoms with van der Waals surface area (Å²) in [6, 6.07) is 7.17. The molecular formula is C15H17N3O. The van der Waals surface area contributed by atoms with Crippen LogP contribution < -0.4 is 9.64 Å². The van der Waals surface area contributed by atoms with Gasteiger partial charge in [-0.1, -0.05) is 0 Å². The summed E-state index contributed by atoms with van der Waals surface area (Å²) in [6.45, 7) is 3.88. The van der Waals surface area contributed by atoms with Gasteiger partial charge in [0.15, 0.2) is 11.6 Å². The average Bonchev–Trinajstić information content (AvgIpc) is 3.08. The number of aryl methyl sites for hydroxylation is 1. The Labute approximate surface area is 112 Å². The second-order valence-electron chi connectivity index (χ2n) is 5.42. The van der Waals surface area contributed by atoms with Crippen LogP contribution in [0.4, 0.5) is 5.82 Å². The molecule has 0 bridgehead atoms. The zero-order valence-corrected chi connectivity index (χ0v) is 11.0. The Morgan fingerprint density at radius 1 is 1.26 bits per heavy atom. The van der Waals surface area contributed by atoms with E-state index < -0.39 is 0 Å². The fraction of sp³-hybridized carbons (Fsp3) is 0.400. The first-order chi connectivity index (χ1) is 9.33. The molecule has 4 rings (SSSR count). The lowest BCUT2D eigenvalue weighted by molar-refractivity contribution is 0.265. The van der Waals surface area contributed by atoms with Gasteiger partial charge in [-0.2, -0.15) is 0 Å². The second-order valence-corrected chi connectivity index (χ2v) is 5.42. The largest absolute Gasteiger partial charge is 0.487 e. The van der Waals surface area contributed by atoms with Crippen LogP contribution >= 0.6 is 0 Å². The molecule has 2 aromatic heterocycles. The molecule has 2 atom stereocenters. The average molecular weight is 255 g/mol. The summed E-state index contributed by atoms with van der Waals surface area (Å²) < 4.78 is 8.22. The molecule has 98 valence electrons. The number of nitrogens with zero attached hydrogens (tertiary/aromatic N) is 3. The van der Waals surface area contributed by atoms with E-state index >= 15 is 0 Å². The van der Waals surface area contributed by atoms with Crippen molar-refractivity contribution in [1.29, 1.82) is 0 Å². The van der Waals surface area contributed by atoms with Gasteiger partial charge < -0.3 is 14.2 Å². The molecular weight excluding hydrogens is 238 g/mol. The zero-order valence-electron chi connectivity index (χ0n) is 11.0. The minimum Gasteiger partial charge on any atom is -0.487 e. The lowest BCUT2D eigenvalue weighted by Gasteiger charge is -2.32. The van der Waals surface area contributed by atoms with Gasteiger partial charge >= 0.3 is 0 Å². The molecule has 2 aromatic rings. The third-order valence-corrected chi connectivity index (χ3v) is 4.22. The number of pyridine rings is 1. The van der Waals surface area contributed by atoms with E-state index in [-0.39, 0.29) is 0 Å². The highest BCUT2D eigenvalue weighted by Gasteiger charge is 2.38. The first-order valence-electron chi connectivity index (χ1n) is 6.80. The highest BCUT2D eigenvalue weighted by atomic mass is 16.5. The normalized spacial score (nSPS) is 24.8. The molecule has 0 N–H and O–H groups in total. The molecule has 0 spiro atoms. The van der Waals surface area contributed by atoms with E-state index in [9.17, 15) is 0 Å². The third kappa shape index (κ3) is 1.63. The Balaban J connectivity index is 1.69. The van der Waals surface area contributed by atoms with E-state index in [4.69, 9.17) is 4.74 Å². The highest BCUT2D eigenvalue weighted by molar-refractivity contribution is 5.59. The summed E-state index contributed by atoms with van der Waals surface area (Å²) in [6.07, 6.45) is 7.30. The van der Waals surface area contributed by atoms with E-state index in [1.165, 1.54) is 5.56 Å². The van der Waals surface area contributed by atoms with E-state index in [2.05, 4.69) is 45.9 Å². The van der Waals surface area contributed by atoms with E-state index in [1.54, 1.807) is 0 Å². The molecule has 2 aliphatic heterocycles. The number of rotatable bonds is 1. The quantitative estimate of drug-likeness (QED) is 0.784. The van der Waals surface area contributed by atoms with Crippen molar-refractivity contribution in [3.05, 3.63) is 42.4 Å². The maximum Gasteiger partial charge on any atom is 0.172 e. The predicted octanol–water partition coefficient (Wildman–Crippen LogP) is 2.40. The first kappa shape index (κ1) is 10.9. The van der Waals surface area contributed by atoms with Crippen LogP contribution in [0.1, 0.15) is 18.0 Å². The number of hydrogen-bond donors (Lipinski definition) is 0. The lowest BCUT2D eigenvalue weighted by atomic mass is 10.1. The molecule has 19 heavy (non-hydrogen) atoms. The van der Waals surface area contributed by atoms with Crippen molar-refractivity contribution in [2.45, 2.75) is 25.4 Å². The van der Waals surface area contributed by atoms with E-state index in [0.717, 1.165) is 31.1 Å². The summed E-state index contributed by atoms with van der Waals surface area (Å²) in [7, 11) is 0. The molecule has 0 saturated carbocycles. The van der Waals surface area contributed by atoms with Crippen molar-refractivity contribution in [2.75, 3.05) is 18.1 Å². The Morgan fingerprint density at radius 3 is 2.95 bits per heavy atom. The number of anilines is 1. The molecule has 0 aliphatic carbocycles. The van der Waals surface area contributed by atoms with Crippen molar-refractivity contribution in [3.8, 4) is 5.75 Å². The molecule has 4 heteroatoms. The fourth-order valence-electron chi connectivity index (χ4n) is 3.21. The first-order valence-corrected chi connectivity index (χ1v) is 6.80. The van der Waals surface area contributed by atoms with Crippen LogP contribution in [0, 0.1) is 6.92 Å². The number of fused-ring (bicyclic) bond motifs is 3. The van der Waals surface area contributed by atoms with Gasteiger partial charge in [0.05, 0.1) is 12.1 Å². The van der Waals surface area contributed by atoms with Crippen LogP contribution in [0.2, 0.25) is 0 Å². The smallest absolute Gasteiger partial charge is 0.172 e. The molecule has 0 unspecified atom stereocenters. The van der Waals surface area contributed by atoms with Crippen molar-refractivity contribution >= 4 is 5.82 Å². The van der Waals surface area contributed by atoms with Gasteiger partial charge in [-0.25, -0.2) is 4.98 Å². The van der Waals surface area contributed by atoms with Crippen LogP contribution in [0.25, 0.3) is 0 Å². The van der Waals surface area contributed by atoms with Gasteiger partial charge in [-0.05, 0) is 37.1 Å². The van der Waals surface area contributed by atoms with Gasteiger partial charge in [-0.15, -0.1) is 0 Å². The fourth-order valence-corrected chi connectivity index (χ4v) is 3.21. The maximum atomic E-state index is 5.92. The summed E-state index contributed by atoms with van der Waals surface area (Å²) in [4.78, 5) is 6.94. The van der Waals surface area contributed by atoms with Gasteiger partial charge in [0, 0.05) is 25.1 Å². The summed E-state index contributed by atoms with van der Waals surface area (Å²) in [5.41, 5.74) is 1.17. The van der Waals surface area contributed by atoms with Crippen LogP contribution in [-0.4, -0.2) is 28.7 Å². The van der Waals surface area contributed by atoms with Crippen LogP contribution in [0.5, 0.6) is 5.75 Å². The van der Waals surface area contributed by atoms with E-state index in [1.807, 2.05) is 12.3 Å². The summed E-state index contributed by atoms with van der Waals surface area (Å²) in [5.74, 6) is 1.98. The number of aromatic nitrogens is 2. The monoisotopic (exact) mass is 255 g/mol. The van der Waals surface area contributed by atoms with Gasteiger partial charge in [0.1, 0.15) is 6.61 Å². The Bertz CT molecular complexity index is 593. The number of ether oxygens (including phenoxy) is 1. The van der Waals surface area contributed by atoms with Crippen molar-refractivity contribution < 1.29 is 4.74 Å². The van der Waals surface area contributed by atoms with E-state index in [0.29, 0.717) is 12.1 Å². The van der Waals surface area contributed by atoms with Gasteiger partial charge in [-0.3, -0.25) is 0 Å². The Kier molecular flexibility index (Phi) is 2.31. The molecule has 2 aliphatic rings. The molecule has 1 fully saturated rings. The molecule has 0 radical (unpaired) electrons. The van der Waals surface area contributed by atoms with Gasteiger partial charge in [0.2, 0.25) is 0 Å². The van der Waals surface area contributed by atoms with Crippen molar-refractivity contribution in [1.82, 2.24) is 9.55 Å². The molecule has 1 saturated heterocycles. The summed E-state index contributed by atoms with van der Waals surface area (Å²) in [5, 5.41) is 0. The minimum absolute atomic E-state index is 0.453.